The van der Waals surface area contributed by atoms with Crippen molar-refractivity contribution in [3.05, 3.63) is 18.5 Å². The Balaban J connectivity index is 2.78. The fraction of sp³-hybridized carbons (Fsp3) is 0.333. The summed E-state index contributed by atoms with van der Waals surface area (Å²) in [6.07, 6.45) is 6.94. The standard InChI is InChI=1S/C9H11N3S/c1-4-6-12-9(13-7-5-2)10-8(3)11-12/h2,4H,1,6-7H2,3H3. The summed E-state index contributed by atoms with van der Waals surface area (Å²) in [5, 5.41) is 5.05. The Morgan fingerprint density at radius 2 is 2.54 bits per heavy atom. The molecule has 0 spiro atoms. The monoisotopic (exact) mass is 193 g/mol. The van der Waals surface area contributed by atoms with E-state index in [-0.39, 0.29) is 0 Å². The van der Waals surface area contributed by atoms with Gasteiger partial charge in [-0.1, -0.05) is 23.8 Å². The highest BCUT2D eigenvalue weighted by Gasteiger charge is 2.04. The smallest absolute Gasteiger partial charge is 0.187 e. The van der Waals surface area contributed by atoms with Crippen LogP contribution in [0.25, 0.3) is 0 Å². The van der Waals surface area contributed by atoms with E-state index in [1.54, 1.807) is 10.8 Å². The van der Waals surface area contributed by atoms with Crippen LogP contribution in [0, 0.1) is 19.3 Å². The summed E-state index contributed by atoms with van der Waals surface area (Å²) in [5.74, 6) is 3.94. The Morgan fingerprint density at radius 1 is 1.77 bits per heavy atom. The first-order valence-electron chi connectivity index (χ1n) is 3.86. The van der Waals surface area contributed by atoms with Gasteiger partial charge in [0.2, 0.25) is 0 Å². The molecule has 0 aliphatic carbocycles. The molecule has 0 bridgehead atoms. The first-order valence-corrected chi connectivity index (χ1v) is 4.85. The quantitative estimate of drug-likeness (QED) is 0.412. The molecule has 1 aromatic heterocycles. The second kappa shape index (κ2) is 4.73. The molecule has 3 nitrogen and oxygen atoms in total. The Hall–Kier alpha value is -1.21. The number of terminal acetylenes is 1. The number of thioether (sulfide) groups is 1. The lowest BCUT2D eigenvalue weighted by Gasteiger charge is -1.98. The maximum atomic E-state index is 5.16. The van der Waals surface area contributed by atoms with Crippen molar-refractivity contribution >= 4 is 11.8 Å². The van der Waals surface area contributed by atoms with E-state index in [1.165, 1.54) is 11.8 Å². The molecule has 0 radical (unpaired) electrons. The maximum absolute atomic E-state index is 5.16. The zero-order valence-corrected chi connectivity index (χ0v) is 8.34. The molecular weight excluding hydrogens is 182 g/mol. The zero-order chi connectivity index (χ0) is 9.68. The zero-order valence-electron chi connectivity index (χ0n) is 7.53. The number of aryl methyl sites for hydroxylation is 1. The molecule has 13 heavy (non-hydrogen) atoms. The fourth-order valence-electron chi connectivity index (χ4n) is 0.890. The molecule has 0 aliphatic rings. The van der Waals surface area contributed by atoms with Gasteiger partial charge in [0.15, 0.2) is 5.16 Å². The first kappa shape index (κ1) is 9.87. The molecule has 0 fully saturated rings. The van der Waals surface area contributed by atoms with E-state index in [0.717, 1.165) is 11.0 Å². The Bertz CT molecular complexity index is 335. The number of hydrogen-bond donors (Lipinski definition) is 0. The third-order valence-electron chi connectivity index (χ3n) is 1.33. The summed E-state index contributed by atoms with van der Waals surface area (Å²) in [6.45, 7) is 6.18. The van der Waals surface area contributed by atoms with Gasteiger partial charge in [-0.3, -0.25) is 0 Å². The molecule has 4 heteroatoms. The highest BCUT2D eigenvalue weighted by molar-refractivity contribution is 7.99. The summed E-state index contributed by atoms with van der Waals surface area (Å²) in [6, 6.07) is 0. The van der Waals surface area contributed by atoms with Gasteiger partial charge in [0.1, 0.15) is 5.82 Å². The van der Waals surface area contributed by atoms with Gasteiger partial charge < -0.3 is 0 Å². The van der Waals surface area contributed by atoms with E-state index in [0.29, 0.717) is 12.3 Å². The molecular formula is C9H11N3S. The van der Waals surface area contributed by atoms with Crippen molar-refractivity contribution in [3.8, 4) is 12.3 Å². The molecule has 0 saturated carbocycles. The lowest BCUT2D eigenvalue weighted by molar-refractivity contribution is 0.629. The summed E-state index contributed by atoms with van der Waals surface area (Å²) < 4.78 is 1.80. The third-order valence-corrected chi connectivity index (χ3v) is 2.20. The molecule has 0 unspecified atom stereocenters. The highest BCUT2D eigenvalue weighted by Crippen LogP contribution is 2.14. The number of nitrogens with zero attached hydrogens (tertiary/aromatic N) is 3. The van der Waals surface area contributed by atoms with E-state index < -0.39 is 0 Å². The topological polar surface area (TPSA) is 30.7 Å². The molecule has 0 saturated heterocycles. The van der Waals surface area contributed by atoms with Gasteiger partial charge >= 0.3 is 0 Å². The Labute approximate surface area is 82.2 Å². The number of aromatic nitrogens is 3. The largest absolute Gasteiger partial charge is 0.237 e. The molecule has 0 atom stereocenters. The van der Waals surface area contributed by atoms with Crippen LogP contribution in [0.1, 0.15) is 5.82 Å². The molecule has 1 aromatic rings. The molecule has 0 aromatic carbocycles. The second-order valence-electron chi connectivity index (χ2n) is 2.41. The minimum absolute atomic E-state index is 0.620. The molecule has 0 N–H and O–H groups in total. The van der Waals surface area contributed by atoms with E-state index in [1.807, 2.05) is 6.92 Å². The minimum Gasteiger partial charge on any atom is -0.237 e. The summed E-state index contributed by atoms with van der Waals surface area (Å²) in [7, 11) is 0. The van der Waals surface area contributed by atoms with Gasteiger partial charge in [0, 0.05) is 0 Å². The van der Waals surface area contributed by atoms with Gasteiger partial charge in [-0.25, -0.2) is 9.67 Å². The van der Waals surface area contributed by atoms with Gasteiger partial charge in [-0.05, 0) is 6.92 Å². The van der Waals surface area contributed by atoms with Crippen LogP contribution in [0.2, 0.25) is 0 Å². The van der Waals surface area contributed by atoms with Crippen LogP contribution < -0.4 is 0 Å². The molecule has 0 aliphatic heterocycles. The van der Waals surface area contributed by atoms with Crippen molar-refractivity contribution < 1.29 is 0 Å². The maximum Gasteiger partial charge on any atom is 0.187 e. The van der Waals surface area contributed by atoms with Crippen molar-refractivity contribution in [3.63, 3.8) is 0 Å². The second-order valence-corrected chi connectivity index (χ2v) is 3.35. The van der Waals surface area contributed by atoms with Gasteiger partial charge in [0.25, 0.3) is 0 Å². The number of allylic oxidation sites excluding steroid dienone is 1. The minimum atomic E-state index is 0.620. The van der Waals surface area contributed by atoms with E-state index in [4.69, 9.17) is 6.42 Å². The van der Waals surface area contributed by atoms with Gasteiger partial charge in [-0.15, -0.1) is 13.0 Å². The SMILES string of the molecule is C#CCSc1nc(C)nn1CC=C. The molecule has 0 amide bonds. The predicted octanol–water partition coefficient (Wildman–Crippen LogP) is 1.50. The molecule has 1 rings (SSSR count). The van der Waals surface area contributed by atoms with E-state index in [2.05, 4.69) is 22.6 Å². The lowest BCUT2D eigenvalue weighted by atomic mass is 10.6. The third kappa shape index (κ3) is 2.63. The normalized spacial score (nSPS) is 9.54. The summed E-state index contributed by atoms with van der Waals surface area (Å²) >= 11 is 1.51. The molecule has 68 valence electrons. The van der Waals surface area contributed by atoms with Crippen LogP contribution >= 0.6 is 11.8 Å². The van der Waals surface area contributed by atoms with E-state index >= 15 is 0 Å². The van der Waals surface area contributed by atoms with Crippen molar-refractivity contribution in [1.82, 2.24) is 14.8 Å². The molecule has 1 heterocycles. The van der Waals surface area contributed by atoms with Crippen LogP contribution in [0.5, 0.6) is 0 Å². The van der Waals surface area contributed by atoms with Crippen LogP contribution in [0.3, 0.4) is 0 Å². The summed E-state index contributed by atoms with van der Waals surface area (Å²) in [5.41, 5.74) is 0. The summed E-state index contributed by atoms with van der Waals surface area (Å²) in [4.78, 5) is 4.24. The van der Waals surface area contributed by atoms with Gasteiger partial charge in [0.05, 0.1) is 12.3 Å². The Kier molecular flexibility index (Phi) is 3.59. The van der Waals surface area contributed by atoms with E-state index in [9.17, 15) is 0 Å². The average Bonchev–Trinajstić information content (AvgIpc) is 2.44. The fourth-order valence-corrected chi connectivity index (χ4v) is 1.56. The highest BCUT2D eigenvalue weighted by atomic mass is 32.2. The van der Waals surface area contributed by atoms with Crippen LogP contribution in [0.15, 0.2) is 17.8 Å². The van der Waals surface area contributed by atoms with Crippen molar-refractivity contribution in [1.29, 1.82) is 0 Å². The Morgan fingerprint density at radius 3 is 3.15 bits per heavy atom. The van der Waals surface area contributed by atoms with Gasteiger partial charge in [-0.2, -0.15) is 5.10 Å². The van der Waals surface area contributed by atoms with Crippen molar-refractivity contribution in [2.24, 2.45) is 0 Å². The predicted molar refractivity (Wildman–Crippen MR) is 54.5 cm³/mol. The average molecular weight is 193 g/mol. The first-order chi connectivity index (χ1) is 6.27. The van der Waals surface area contributed by atoms with Crippen LogP contribution in [-0.2, 0) is 6.54 Å². The number of hydrogen-bond acceptors (Lipinski definition) is 3. The number of rotatable bonds is 4. The van der Waals surface area contributed by atoms with Crippen LogP contribution in [0.4, 0.5) is 0 Å². The lowest BCUT2D eigenvalue weighted by Crippen LogP contribution is -1.99. The van der Waals surface area contributed by atoms with Crippen molar-refractivity contribution in [2.45, 2.75) is 18.6 Å². The van der Waals surface area contributed by atoms with Crippen LogP contribution in [-0.4, -0.2) is 20.5 Å². The van der Waals surface area contributed by atoms with Crippen molar-refractivity contribution in [2.75, 3.05) is 5.75 Å².